The number of nitrogens with one attached hydrogen (secondary N) is 2. The molecule has 0 saturated heterocycles. The standard InChI is InChI=1S/C16H19N3O4/c1-22-12-4-3-5-13(23-2)15(12)16(21)19-11-6-7-14(18-10-11)17-8-9-20/h3-7,10,20H,8-9H2,1-2H3,(H,17,18)(H,19,21). The van der Waals surface area contributed by atoms with E-state index in [0.717, 1.165) is 0 Å². The normalized spacial score (nSPS) is 10.0. The Labute approximate surface area is 134 Å². The van der Waals surface area contributed by atoms with E-state index in [1.807, 2.05) is 0 Å². The smallest absolute Gasteiger partial charge is 0.263 e. The molecule has 0 radical (unpaired) electrons. The summed E-state index contributed by atoms with van der Waals surface area (Å²) in [7, 11) is 2.99. The highest BCUT2D eigenvalue weighted by Crippen LogP contribution is 2.29. The largest absolute Gasteiger partial charge is 0.496 e. The van der Waals surface area contributed by atoms with E-state index in [1.165, 1.54) is 20.4 Å². The summed E-state index contributed by atoms with van der Waals surface area (Å²) < 4.78 is 10.4. The van der Waals surface area contributed by atoms with Crippen LogP contribution in [0.5, 0.6) is 11.5 Å². The van der Waals surface area contributed by atoms with Crippen molar-refractivity contribution in [1.29, 1.82) is 0 Å². The molecular weight excluding hydrogens is 298 g/mol. The highest BCUT2D eigenvalue weighted by atomic mass is 16.5. The number of carbonyl (C=O) groups is 1. The zero-order valence-corrected chi connectivity index (χ0v) is 13.0. The van der Waals surface area contributed by atoms with Crippen LogP contribution in [-0.4, -0.2) is 43.4 Å². The van der Waals surface area contributed by atoms with Crippen LogP contribution in [0, 0.1) is 0 Å². The number of benzene rings is 1. The third kappa shape index (κ3) is 4.10. The van der Waals surface area contributed by atoms with Gasteiger partial charge in [-0.15, -0.1) is 0 Å². The molecule has 0 aliphatic heterocycles. The molecule has 1 aromatic carbocycles. The number of methoxy groups -OCH3 is 2. The predicted molar refractivity (Wildman–Crippen MR) is 87.3 cm³/mol. The average molecular weight is 317 g/mol. The molecular formula is C16H19N3O4. The fourth-order valence-corrected chi connectivity index (χ4v) is 2.02. The minimum Gasteiger partial charge on any atom is -0.496 e. The number of aliphatic hydroxyl groups excluding tert-OH is 1. The molecule has 7 nitrogen and oxygen atoms in total. The van der Waals surface area contributed by atoms with Crippen molar-refractivity contribution < 1.29 is 19.4 Å². The topological polar surface area (TPSA) is 92.7 Å². The number of aromatic nitrogens is 1. The van der Waals surface area contributed by atoms with Gasteiger partial charge in [0, 0.05) is 6.54 Å². The van der Waals surface area contributed by atoms with Gasteiger partial charge in [0.25, 0.3) is 5.91 Å². The van der Waals surface area contributed by atoms with Crippen molar-refractivity contribution in [3.05, 3.63) is 42.1 Å². The van der Waals surface area contributed by atoms with Gasteiger partial charge in [-0.3, -0.25) is 4.79 Å². The van der Waals surface area contributed by atoms with Crippen molar-refractivity contribution in [2.75, 3.05) is 38.0 Å². The number of ether oxygens (including phenoxy) is 2. The summed E-state index contributed by atoms with van der Waals surface area (Å²) in [5, 5.41) is 14.4. The molecule has 0 aliphatic rings. The summed E-state index contributed by atoms with van der Waals surface area (Å²) in [5.74, 6) is 1.12. The number of aliphatic hydroxyl groups is 1. The number of hydrogen-bond acceptors (Lipinski definition) is 6. The van der Waals surface area contributed by atoms with Crippen molar-refractivity contribution in [1.82, 2.24) is 4.98 Å². The molecule has 1 aromatic heterocycles. The molecule has 23 heavy (non-hydrogen) atoms. The Hall–Kier alpha value is -2.80. The highest BCUT2D eigenvalue weighted by Gasteiger charge is 2.18. The van der Waals surface area contributed by atoms with E-state index in [0.29, 0.717) is 35.1 Å². The Morgan fingerprint density at radius 2 is 1.87 bits per heavy atom. The second kappa shape index (κ2) is 8.00. The summed E-state index contributed by atoms with van der Waals surface area (Å²) in [6.45, 7) is 0.435. The van der Waals surface area contributed by atoms with Gasteiger partial charge >= 0.3 is 0 Å². The Morgan fingerprint density at radius 3 is 2.39 bits per heavy atom. The molecule has 3 N–H and O–H groups in total. The molecule has 0 spiro atoms. The maximum atomic E-state index is 12.5. The molecule has 0 atom stereocenters. The van der Waals surface area contributed by atoms with Crippen molar-refractivity contribution in [2.45, 2.75) is 0 Å². The van der Waals surface area contributed by atoms with Crippen LogP contribution in [0.4, 0.5) is 11.5 Å². The maximum absolute atomic E-state index is 12.5. The Balaban J connectivity index is 2.16. The van der Waals surface area contributed by atoms with Crippen LogP contribution in [-0.2, 0) is 0 Å². The van der Waals surface area contributed by atoms with Crippen LogP contribution in [0.3, 0.4) is 0 Å². The van der Waals surface area contributed by atoms with Crippen LogP contribution in [0.15, 0.2) is 36.5 Å². The predicted octanol–water partition coefficient (Wildman–Crippen LogP) is 1.76. The molecule has 0 saturated carbocycles. The number of rotatable bonds is 7. The zero-order chi connectivity index (χ0) is 16.7. The minimum atomic E-state index is -0.350. The molecule has 1 amide bonds. The second-order valence-corrected chi connectivity index (χ2v) is 4.57. The van der Waals surface area contributed by atoms with Crippen molar-refractivity contribution >= 4 is 17.4 Å². The lowest BCUT2D eigenvalue weighted by atomic mass is 10.1. The van der Waals surface area contributed by atoms with Crippen molar-refractivity contribution in [2.24, 2.45) is 0 Å². The Morgan fingerprint density at radius 1 is 1.17 bits per heavy atom. The van der Waals surface area contributed by atoms with E-state index in [-0.39, 0.29) is 12.5 Å². The van der Waals surface area contributed by atoms with Gasteiger partial charge in [-0.2, -0.15) is 0 Å². The fraction of sp³-hybridized carbons (Fsp3) is 0.250. The molecule has 0 unspecified atom stereocenters. The van der Waals surface area contributed by atoms with Crippen LogP contribution < -0.4 is 20.1 Å². The van der Waals surface area contributed by atoms with Gasteiger partial charge in [-0.25, -0.2) is 4.98 Å². The van der Waals surface area contributed by atoms with Gasteiger partial charge < -0.3 is 25.2 Å². The molecule has 2 rings (SSSR count). The SMILES string of the molecule is COc1cccc(OC)c1C(=O)Nc1ccc(NCCO)nc1. The first kappa shape index (κ1) is 16.6. The van der Waals surface area contributed by atoms with E-state index >= 15 is 0 Å². The van der Waals surface area contributed by atoms with E-state index in [2.05, 4.69) is 15.6 Å². The third-order valence-electron chi connectivity index (χ3n) is 3.09. The molecule has 0 fully saturated rings. The molecule has 1 heterocycles. The van der Waals surface area contributed by atoms with Gasteiger partial charge in [0.1, 0.15) is 22.9 Å². The zero-order valence-electron chi connectivity index (χ0n) is 13.0. The van der Waals surface area contributed by atoms with E-state index in [1.54, 1.807) is 30.3 Å². The lowest BCUT2D eigenvalue weighted by molar-refractivity contribution is 0.102. The lowest BCUT2D eigenvalue weighted by Gasteiger charge is -2.13. The molecule has 0 aliphatic carbocycles. The van der Waals surface area contributed by atoms with E-state index < -0.39 is 0 Å². The van der Waals surface area contributed by atoms with E-state index in [9.17, 15) is 4.79 Å². The first-order chi connectivity index (χ1) is 11.2. The lowest BCUT2D eigenvalue weighted by Crippen LogP contribution is -2.15. The summed E-state index contributed by atoms with van der Waals surface area (Å²) in [6, 6.07) is 8.56. The monoisotopic (exact) mass is 317 g/mol. The summed E-state index contributed by atoms with van der Waals surface area (Å²) in [6.07, 6.45) is 1.53. The van der Waals surface area contributed by atoms with E-state index in [4.69, 9.17) is 14.6 Å². The first-order valence-corrected chi connectivity index (χ1v) is 7.02. The Bertz CT molecular complexity index is 637. The summed E-state index contributed by atoms with van der Waals surface area (Å²) in [4.78, 5) is 16.6. The minimum absolute atomic E-state index is 0.0216. The van der Waals surface area contributed by atoms with Gasteiger partial charge in [-0.05, 0) is 24.3 Å². The number of pyridine rings is 1. The molecule has 0 bridgehead atoms. The number of nitrogens with zero attached hydrogens (tertiary/aromatic N) is 1. The van der Waals surface area contributed by atoms with Gasteiger partial charge in [0.05, 0.1) is 32.7 Å². The fourth-order valence-electron chi connectivity index (χ4n) is 2.02. The van der Waals surface area contributed by atoms with Crippen LogP contribution in [0.25, 0.3) is 0 Å². The summed E-state index contributed by atoms with van der Waals surface area (Å²) in [5.41, 5.74) is 0.859. The summed E-state index contributed by atoms with van der Waals surface area (Å²) >= 11 is 0. The molecule has 7 heteroatoms. The first-order valence-electron chi connectivity index (χ1n) is 7.02. The number of anilines is 2. The van der Waals surface area contributed by atoms with Crippen LogP contribution >= 0.6 is 0 Å². The Kier molecular flexibility index (Phi) is 5.76. The maximum Gasteiger partial charge on any atom is 0.263 e. The quantitative estimate of drug-likeness (QED) is 0.720. The molecule has 2 aromatic rings. The van der Waals surface area contributed by atoms with Gasteiger partial charge in [0.2, 0.25) is 0 Å². The average Bonchev–Trinajstić information content (AvgIpc) is 2.60. The number of amides is 1. The highest BCUT2D eigenvalue weighted by molar-refractivity contribution is 6.08. The second-order valence-electron chi connectivity index (χ2n) is 4.57. The number of hydrogen-bond donors (Lipinski definition) is 3. The van der Waals surface area contributed by atoms with Gasteiger partial charge in [-0.1, -0.05) is 6.07 Å². The van der Waals surface area contributed by atoms with Crippen molar-refractivity contribution in [3.8, 4) is 11.5 Å². The number of carbonyl (C=O) groups excluding carboxylic acids is 1. The van der Waals surface area contributed by atoms with Crippen LogP contribution in [0.1, 0.15) is 10.4 Å². The van der Waals surface area contributed by atoms with Gasteiger partial charge in [0.15, 0.2) is 0 Å². The van der Waals surface area contributed by atoms with Crippen molar-refractivity contribution in [3.63, 3.8) is 0 Å². The van der Waals surface area contributed by atoms with Crippen LogP contribution in [0.2, 0.25) is 0 Å². The third-order valence-corrected chi connectivity index (χ3v) is 3.09. The molecule has 122 valence electrons.